The largest absolute Gasteiger partial charge is 0.465 e. The zero-order valence-corrected chi connectivity index (χ0v) is 9.96. The molecule has 8 heteroatoms. The lowest BCUT2D eigenvalue weighted by Crippen LogP contribution is -2.38. The van der Waals surface area contributed by atoms with Crippen molar-refractivity contribution in [1.82, 2.24) is 15.2 Å². The van der Waals surface area contributed by atoms with Crippen LogP contribution >= 0.6 is 0 Å². The topological polar surface area (TPSA) is 112 Å². The fourth-order valence-electron chi connectivity index (χ4n) is 1.58. The lowest BCUT2D eigenvalue weighted by atomic mass is 10.3. The number of carbonyl (C=O) groups is 2. The highest BCUT2D eigenvalue weighted by Gasteiger charge is 2.36. The fraction of sp³-hybridized carbons (Fsp3) is 0.600. The van der Waals surface area contributed by atoms with Crippen LogP contribution in [0.5, 0.6) is 0 Å². The molecule has 0 radical (unpaired) electrons. The van der Waals surface area contributed by atoms with Crippen molar-refractivity contribution in [3.05, 3.63) is 5.69 Å². The number of esters is 1. The smallest absolute Gasteiger partial charge is 0.325 e. The van der Waals surface area contributed by atoms with E-state index in [4.69, 9.17) is 10.5 Å². The maximum atomic E-state index is 12.1. The summed E-state index contributed by atoms with van der Waals surface area (Å²) in [4.78, 5) is 25.0. The van der Waals surface area contributed by atoms with Gasteiger partial charge in [0.05, 0.1) is 6.61 Å². The summed E-state index contributed by atoms with van der Waals surface area (Å²) in [6.07, 6.45) is 1.71. The highest BCUT2D eigenvalue weighted by molar-refractivity contribution is 5.98. The normalized spacial score (nSPS) is 14.3. The highest BCUT2D eigenvalue weighted by Crippen LogP contribution is 2.28. The molecular formula is C10H14N4O4. The van der Waals surface area contributed by atoms with Gasteiger partial charge in [-0.2, -0.15) is 0 Å². The summed E-state index contributed by atoms with van der Waals surface area (Å²) in [5.74, 6) is -0.980. The summed E-state index contributed by atoms with van der Waals surface area (Å²) in [5.41, 5.74) is 5.39. The van der Waals surface area contributed by atoms with Crippen LogP contribution < -0.4 is 5.73 Å². The Morgan fingerprint density at radius 2 is 2.22 bits per heavy atom. The van der Waals surface area contributed by atoms with E-state index in [1.54, 1.807) is 6.92 Å². The number of nitrogens with two attached hydrogens (primary N) is 1. The van der Waals surface area contributed by atoms with Crippen molar-refractivity contribution < 1.29 is 19.0 Å². The average molecular weight is 254 g/mol. The standard InChI is InChI=1S/C10H14N4O4/c1-2-17-7(15)5-14(6-3-4-6)10(16)8-9(11)13-18-12-8/h6H,2-5H2,1H3,(H2,11,13). The van der Waals surface area contributed by atoms with Crippen LogP contribution in [0.1, 0.15) is 30.3 Å². The van der Waals surface area contributed by atoms with Gasteiger partial charge < -0.3 is 15.4 Å². The first-order valence-electron chi connectivity index (χ1n) is 5.68. The number of carbonyl (C=O) groups excluding carboxylic acids is 2. The van der Waals surface area contributed by atoms with Gasteiger partial charge in [0, 0.05) is 6.04 Å². The third kappa shape index (κ3) is 2.58. The van der Waals surface area contributed by atoms with E-state index in [0.717, 1.165) is 12.8 Å². The van der Waals surface area contributed by atoms with Crippen LogP contribution in [0, 0.1) is 0 Å². The van der Waals surface area contributed by atoms with Crippen LogP contribution in [0.4, 0.5) is 5.82 Å². The molecule has 2 N–H and O–H groups in total. The SMILES string of the molecule is CCOC(=O)CN(C(=O)c1nonc1N)C1CC1. The number of hydrogen-bond donors (Lipinski definition) is 1. The van der Waals surface area contributed by atoms with Gasteiger partial charge in [-0.1, -0.05) is 0 Å². The number of anilines is 1. The van der Waals surface area contributed by atoms with Gasteiger partial charge in [0.25, 0.3) is 5.91 Å². The molecule has 1 heterocycles. The molecule has 1 aromatic rings. The molecule has 8 nitrogen and oxygen atoms in total. The van der Waals surface area contributed by atoms with E-state index in [0.29, 0.717) is 0 Å². The second-order valence-corrected chi connectivity index (χ2v) is 3.97. The van der Waals surface area contributed by atoms with Crippen molar-refractivity contribution in [3.8, 4) is 0 Å². The maximum absolute atomic E-state index is 12.1. The van der Waals surface area contributed by atoms with Crippen LogP contribution in [-0.2, 0) is 9.53 Å². The first-order valence-corrected chi connectivity index (χ1v) is 5.68. The van der Waals surface area contributed by atoms with E-state index in [2.05, 4.69) is 14.9 Å². The third-order valence-corrected chi connectivity index (χ3v) is 2.57. The molecule has 18 heavy (non-hydrogen) atoms. The molecule has 98 valence electrons. The molecule has 0 unspecified atom stereocenters. The fourth-order valence-corrected chi connectivity index (χ4v) is 1.58. The van der Waals surface area contributed by atoms with Gasteiger partial charge in [0.15, 0.2) is 0 Å². The van der Waals surface area contributed by atoms with Crippen molar-refractivity contribution in [2.75, 3.05) is 18.9 Å². The Morgan fingerprint density at radius 1 is 1.50 bits per heavy atom. The minimum absolute atomic E-state index is 0.0398. The number of nitrogen functional groups attached to an aromatic ring is 1. The molecule has 1 saturated carbocycles. The summed E-state index contributed by atoms with van der Waals surface area (Å²) in [6.45, 7) is 1.88. The van der Waals surface area contributed by atoms with Crippen LogP contribution in [0.3, 0.4) is 0 Å². The van der Waals surface area contributed by atoms with E-state index < -0.39 is 11.9 Å². The van der Waals surface area contributed by atoms with Crippen LogP contribution in [0.15, 0.2) is 4.63 Å². The summed E-state index contributed by atoms with van der Waals surface area (Å²) < 4.78 is 9.21. The molecule has 1 aliphatic carbocycles. The number of rotatable bonds is 5. The summed E-state index contributed by atoms with van der Waals surface area (Å²) >= 11 is 0. The van der Waals surface area contributed by atoms with E-state index in [-0.39, 0.29) is 30.7 Å². The van der Waals surface area contributed by atoms with E-state index in [1.165, 1.54) is 4.90 Å². The predicted molar refractivity (Wildman–Crippen MR) is 59.4 cm³/mol. The predicted octanol–water partition coefficient (Wildman–Crippen LogP) is -0.181. The molecule has 0 bridgehead atoms. The number of hydrogen-bond acceptors (Lipinski definition) is 7. The Bertz CT molecular complexity index is 454. The van der Waals surface area contributed by atoms with Gasteiger partial charge >= 0.3 is 5.97 Å². The molecule has 1 amide bonds. The van der Waals surface area contributed by atoms with Crippen LogP contribution in [-0.4, -0.2) is 46.3 Å². The second-order valence-electron chi connectivity index (χ2n) is 3.97. The monoisotopic (exact) mass is 254 g/mol. The molecule has 2 rings (SSSR count). The number of nitrogens with zero attached hydrogens (tertiary/aromatic N) is 3. The maximum Gasteiger partial charge on any atom is 0.325 e. The number of amides is 1. The molecule has 0 atom stereocenters. The molecule has 1 aromatic heterocycles. The molecule has 1 aliphatic rings. The lowest BCUT2D eigenvalue weighted by molar-refractivity contribution is -0.144. The van der Waals surface area contributed by atoms with Gasteiger partial charge in [-0.3, -0.25) is 9.59 Å². The first-order chi connectivity index (χ1) is 8.63. The zero-order chi connectivity index (χ0) is 13.1. The highest BCUT2D eigenvalue weighted by atomic mass is 16.6. The van der Waals surface area contributed by atoms with Crippen molar-refractivity contribution >= 4 is 17.7 Å². The lowest BCUT2D eigenvalue weighted by Gasteiger charge is -2.19. The van der Waals surface area contributed by atoms with Crippen LogP contribution in [0.25, 0.3) is 0 Å². The van der Waals surface area contributed by atoms with Gasteiger partial charge in [-0.25, -0.2) is 4.63 Å². The minimum Gasteiger partial charge on any atom is -0.465 e. The second kappa shape index (κ2) is 5.03. The summed E-state index contributed by atoms with van der Waals surface area (Å²) in [6, 6.07) is 0.0398. The Balaban J connectivity index is 2.08. The van der Waals surface area contributed by atoms with Crippen molar-refractivity contribution in [3.63, 3.8) is 0 Å². The average Bonchev–Trinajstić information content (AvgIpc) is 3.08. The van der Waals surface area contributed by atoms with Crippen molar-refractivity contribution in [2.45, 2.75) is 25.8 Å². The minimum atomic E-state index is -0.454. The van der Waals surface area contributed by atoms with E-state index in [1.807, 2.05) is 0 Å². The van der Waals surface area contributed by atoms with Crippen LogP contribution in [0.2, 0.25) is 0 Å². The van der Waals surface area contributed by atoms with E-state index in [9.17, 15) is 9.59 Å². The van der Waals surface area contributed by atoms with E-state index >= 15 is 0 Å². The Morgan fingerprint density at radius 3 is 2.72 bits per heavy atom. The van der Waals surface area contributed by atoms with Gasteiger partial charge in [-0.05, 0) is 30.1 Å². The van der Waals surface area contributed by atoms with Gasteiger partial charge in [-0.15, -0.1) is 0 Å². The summed E-state index contributed by atoms with van der Waals surface area (Å²) in [5, 5.41) is 6.79. The number of aromatic nitrogens is 2. The van der Waals surface area contributed by atoms with Crippen molar-refractivity contribution in [2.24, 2.45) is 0 Å². The van der Waals surface area contributed by atoms with Gasteiger partial charge in [0.1, 0.15) is 6.54 Å². The molecule has 0 aromatic carbocycles. The third-order valence-electron chi connectivity index (χ3n) is 2.57. The molecule has 0 aliphatic heterocycles. The quantitative estimate of drug-likeness (QED) is 0.725. The number of ether oxygens (including phenoxy) is 1. The Kier molecular flexibility index (Phi) is 3.45. The van der Waals surface area contributed by atoms with Gasteiger partial charge in [0.2, 0.25) is 11.5 Å². The Labute approximate surface area is 103 Å². The molecule has 0 saturated heterocycles. The zero-order valence-electron chi connectivity index (χ0n) is 9.96. The summed E-state index contributed by atoms with van der Waals surface area (Å²) in [7, 11) is 0. The van der Waals surface area contributed by atoms with Crippen molar-refractivity contribution in [1.29, 1.82) is 0 Å². The molecule has 1 fully saturated rings. The molecule has 0 spiro atoms. The Hall–Kier alpha value is -2.12. The molecular weight excluding hydrogens is 240 g/mol. The first kappa shape index (κ1) is 12.3.